The van der Waals surface area contributed by atoms with Crippen LogP contribution in [0.3, 0.4) is 0 Å². The highest BCUT2D eigenvalue weighted by molar-refractivity contribution is 9.10. The minimum absolute atomic E-state index is 0.111. The Morgan fingerprint density at radius 1 is 0.923 bits per heavy atom. The van der Waals surface area contributed by atoms with Crippen LogP contribution in [-0.2, 0) is 16.0 Å². The monoisotopic (exact) mass is 603 g/mol. The summed E-state index contributed by atoms with van der Waals surface area (Å²) >= 11 is 9.64. The number of halogens is 2. The summed E-state index contributed by atoms with van der Waals surface area (Å²) in [5.41, 5.74) is 5.71. The molecule has 0 aliphatic carbocycles. The number of hydrogen-bond donors (Lipinski definition) is 1. The van der Waals surface area contributed by atoms with E-state index >= 15 is 0 Å². The van der Waals surface area contributed by atoms with Crippen LogP contribution in [-0.4, -0.2) is 17.5 Å². The lowest BCUT2D eigenvalue weighted by Gasteiger charge is -2.20. The van der Waals surface area contributed by atoms with Gasteiger partial charge >= 0.3 is 5.97 Å². The molecule has 1 N–H and O–H groups in total. The highest BCUT2D eigenvalue weighted by Crippen LogP contribution is 2.29. The van der Waals surface area contributed by atoms with Gasteiger partial charge in [-0.2, -0.15) is 0 Å². The average molecular weight is 605 g/mol. The molecule has 4 nitrogen and oxygen atoms in total. The Morgan fingerprint density at radius 3 is 2.23 bits per heavy atom. The molecule has 1 atom stereocenters. The van der Waals surface area contributed by atoms with E-state index in [2.05, 4.69) is 21.2 Å². The van der Waals surface area contributed by atoms with Gasteiger partial charge in [-0.15, -0.1) is 0 Å². The van der Waals surface area contributed by atoms with Crippen LogP contribution in [0, 0.1) is 6.92 Å². The first-order chi connectivity index (χ1) is 18.5. The predicted octanol–water partition coefficient (Wildman–Crippen LogP) is 9.00. The first-order valence-corrected chi connectivity index (χ1v) is 13.9. The van der Waals surface area contributed by atoms with Gasteiger partial charge in [0.2, 0.25) is 5.91 Å². The second kappa shape index (κ2) is 12.2. The van der Waals surface area contributed by atoms with Crippen molar-refractivity contribution in [3.63, 3.8) is 0 Å². The third kappa shape index (κ3) is 7.81. The van der Waals surface area contributed by atoms with E-state index in [0.29, 0.717) is 17.0 Å². The number of carbonyl (C=O) groups excluding carboxylic acids is 2. The summed E-state index contributed by atoms with van der Waals surface area (Å²) < 4.78 is 6.37. The van der Waals surface area contributed by atoms with Gasteiger partial charge in [0.25, 0.3) is 0 Å². The van der Waals surface area contributed by atoms with E-state index in [9.17, 15) is 9.59 Å². The molecule has 0 fully saturated rings. The molecule has 4 aromatic carbocycles. The van der Waals surface area contributed by atoms with Crippen molar-refractivity contribution in [3.05, 3.63) is 123 Å². The molecule has 200 valence electrons. The van der Waals surface area contributed by atoms with E-state index in [1.165, 1.54) is 0 Å². The van der Waals surface area contributed by atoms with Gasteiger partial charge in [0.15, 0.2) is 0 Å². The number of anilines is 1. The molecular formula is C33H31BrClNO3. The smallest absolute Gasteiger partial charge is 0.338 e. The lowest BCUT2D eigenvalue weighted by molar-refractivity contribution is -0.117. The number of nitrogens with one attached hydrogen (secondary N) is 1. The average Bonchev–Trinajstić information content (AvgIpc) is 2.87. The molecule has 0 spiro atoms. The van der Waals surface area contributed by atoms with Crippen LogP contribution >= 0.6 is 27.5 Å². The van der Waals surface area contributed by atoms with Gasteiger partial charge in [-0.25, -0.2) is 4.79 Å². The summed E-state index contributed by atoms with van der Waals surface area (Å²) in [6, 6.07) is 28.7. The number of hydrogen-bond acceptors (Lipinski definition) is 3. The second-order valence-electron chi connectivity index (χ2n) is 10.5. The molecular weight excluding hydrogens is 574 g/mol. The zero-order valence-corrected chi connectivity index (χ0v) is 24.8. The van der Waals surface area contributed by atoms with Crippen LogP contribution in [0.15, 0.2) is 95.5 Å². The summed E-state index contributed by atoms with van der Waals surface area (Å²) in [4.78, 5) is 26.0. The molecule has 39 heavy (non-hydrogen) atoms. The summed E-state index contributed by atoms with van der Waals surface area (Å²) in [5.74, 6) is -0.916. The van der Waals surface area contributed by atoms with Crippen molar-refractivity contribution >= 4 is 45.1 Å². The number of aryl methyl sites for hydroxylation is 1. The zero-order valence-electron chi connectivity index (χ0n) is 22.4. The lowest BCUT2D eigenvalue weighted by Crippen LogP contribution is -2.24. The summed E-state index contributed by atoms with van der Waals surface area (Å²) in [7, 11) is 0. The number of rotatable bonds is 7. The fourth-order valence-electron chi connectivity index (χ4n) is 4.35. The van der Waals surface area contributed by atoms with E-state index in [1.54, 1.807) is 12.1 Å². The summed E-state index contributed by atoms with van der Waals surface area (Å²) in [6.45, 7) is 7.55. The quantitative estimate of drug-likeness (QED) is 0.214. The number of benzene rings is 4. The molecule has 0 aromatic heterocycles. The molecule has 0 heterocycles. The van der Waals surface area contributed by atoms with Crippen molar-refractivity contribution in [2.75, 3.05) is 5.32 Å². The van der Waals surface area contributed by atoms with Crippen LogP contribution in [0.1, 0.15) is 53.7 Å². The van der Waals surface area contributed by atoms with Gasteiger partial charge in [0.05, 0.1) is 11.5 Å². The third-order valence-corrected chi connectivity index (χ3v) is 6.98. The molecule has 0 aliphatic rings. The van der Waals surface area contributed by atoms with Crippen molar-refractivity contribution in [1.82, 2.24) is 0 Å². The van der Waals surface area contributed by atoms with Crippen LogP contribution in [0.2, 0.25) is 5.02 Å². The van der Waals surface area contributed by atoms with E-state index in [-0.39, 0.29) is 11.9 Å². The Balaban J connectivity index is 1.53. The topological polar surface area (TPSA) is 55.4 Å². The second-order valence-corrected chi connectivity index (χ2v) is 11.9. The SMILES string of the molecule is Cc1cc(Cl)ccc1-c1ccc(NC(=O)[C@H](Cc2ccc(C(=O)OC(C)(C)C)cc2)c2cccc(Br)c2)cc1. The Hall–Kier alpha value is -3.41. The van der Waals surface area contributed by atoms with Crippen LogP contribution in [0.4, 0.5) is 5.69 Å². The Labute approximate surface area is 243 Å². The van der Waals surface area contributed by atoms with E-state index < -0.39 is 11.5 Å². The third-order valence-electron chi connectivity index (χ3n) is 6.25. The van der Waals surface area contributed by atoms with Gasteiger partial charge in [0.1, 0.15) is 5.60 Å². The van der Waals surface area contributed by atoms with E-state index in [1.807, 2.05) is 107 Å². The summed E-state index contributed by atoms with van der Waals surface area (Å²) in [6.07, 6.45) is 0.471. The molecule has 1 amide bonds. The van der Waals surface area contributed by atoms with Crippen molar-refractivity contribution in [2.24, 2.45) is 0 Å². The maximum Gasteiger partial charge on any atom is 0.338 e. The molecule has 4 aromatic rings. The van der Waals surface area contributed by atoms with Crippen LogP contribution in [0.25, 0.3) is 11.1 Å². The first-order valence-electron chi connectivity index (χ1n) is 12.7. The van der Waals surface area contributed by atoms with Crippen molar-refractivity contribution in [2.45, 2.75) is 45.6 Å². The number of carbonyl (C=O) groups is 2. The van der Waals surface area contributed by atoms with Crippen molar-refractivity contribution < 1.29 is 14.3 Å². The number of ether oxygens (including phenoxy) is 1. The number of esters is 1. The van der Waals surface area contributed by atoms with Gasteiger partial charge < -0.3 is 10.1 Å². The molecule has 0 aliphatic heterocycles. The standard InChI is InChI=1S/C33H31BrClNO3/c1-21-18-27(35)14-17-29(21)23-12-15-28(16-13-23)36-31(37)30(25-6-5-7-26(34)20-25)19-22-8-10-24(11-9-22)32(38)39-33(2,3)4/h5-18,20,30H,19H2,1-4H3,(H,36,37)/t30-/m1/s1. The highest BCUT2D eigenvalue weighted by atomic mass is 79.9. The molecule has 0 bridgehead atoms. The minimum Gasteiger partial charge on any atom is -0.456 e. The van der Waals surface area contributed by atoms with Crippen molar-refractivity contribution in [1.29, 1.82) is 0 Å². The maximum atomic E-state index is 13.6. The Bertz CT molecular complexity index is 1470. The fourth-order valence-corrected chi connectivity index (χ4v) is 4.99. The molecule has 6 heteroatoms. The lowest BCUT2D eigenvalue weighted by atomic mass is 9.90. The van der Waals surface area contributed by atoms with Gasteiger partial charge in [-0.3, -0.25) is 4.79 Å². The molecule has 0 unspecified atom stereocenters. The van der Waals surface area contributed by atoms with Gasteiger partial charge in [0, 0.05) is 15.2 Å². The molecule has 4 rings (SSSR count). The Kier molecular flexibility index (Phi) is 8.94. The zero-order chi connectivity index (χ0) is 28.2. The van der Waals surface area contributed by atoms with E-state index in [0.717, 1.165) is 38.0 Å². The highest BCUT2D eigenvalue weighted by Gasteiger charge is 2.23. The van der Waals surface area contributed by atoms with E-state index in [4.69, 9.17) is 16.3 Å². The first kappa shape index (κ1) is 28.6. The van der Waals surface area contributed by atoms with Crippen LogP contribution in [0.5, 0.6) is 0 Å². The maximum absolute atomic E-state index is 13.6. The van der Waals surface area contributed by atoms with Gasteiger partial charge in [-0.1, -0.05) is 70.0 Å². The number of amides is 1. The normalized spacial score (nSPS) is 12.1. The van der Waals surface area contributed by atoms with Crippen molar-refractivity contribution in [3.8, 4) is 11.1 Å². The molecule has 0 saturated carbocycles. The Morgan fingerprint density at radius 2 is 1.62 bits per heavy atom. The minimum atomic E-state index is -0.564. The predicted molar refractivity (Wildman–Crippen MR) is 162 cm³/mol. The van der Waals surface area contributed by atoms with Gasteiger partial charge in [-0.05, 0) is 110 Å². The fraction of sp³-hybridized carbons (Fsp3) is 0.212. The largest absolute Gasteiger partial charge is 0.456 e. The van der Waals surface area contributed by atoms with Crippen LogP contribution < -0.4 is 5.32 Å². The molecule has 0 radical (unpaired) electrons. The molecule has 0 saturated heterocycles. The summed E-state index contributed by atoms with van der Waals surface area (Å²) in [5, 5.41) is 3.80.